The molecule has 6 heteroatoms. The molecule has 0 saturated carbocycles. The SMILES string of the molecule is Cc1cccnc1N1CCC[C@H](c2nc(N3CCCC3)ncc2-c2cccnc2)C1. The van der Waals surface area contributed by atoms with Crippen molar-refractivity contribution >= 4 is 11.8 Å². The molecular formula is C24H28N6. The van der Waals surface area contributed by atoms with Crippen molar-refractivity contribution in [2.45, 2.75) is 38.5 Å². The third-order valence-electron chi connectivity index (χ3n) is 6.26. The first-order valence-electron chi connectivity index (χ1n) is 11.0. The van der Waals surface area contributed by atoms with Gasteiger partial charge in [0.25, 0.3) is 0 Å². The van der Waals surface area contributed by atoms with Gasteiger partial charge in [-0.15, -0.1) is 0 Å². The van der Waals surface area contributed by atoms with E-state index in [0.717, 1.165) is 67.6 Å². The average molecular weight is 401 g/mol. The Morgan fingerprint density at radius 3 is 2.53 bits per heavy atom. The molecule has 0 unspecified atom stereocenters. The lowest BCUT2D eigenvalue weighted by molar-refractivity contribution is 0.498. The van der Waals surface area contributed by atoms with E-state index < -0.39 is 0 Å². The molecular weight excluding hydrogens is 372 g/mol. The first-order chi connectivity index (χ1) is 14.8. The van der Waals surface area contributed by atoms with Gasteiger partial charge in [0.15, 0.2) is 0 Å². The van der Waals surface area contributed by atoms with Gasteiger partial charge in [-0.2, -0.15) is 0 Å². The van der Waals surface area contributed by atoms with E-state index in [-0.39, 0.29) is 0 Å². The maximum atomic E-state index is 5.15. The van der Waals surface area contributed by atoms with Crippen molar-refractivity contribution in [2.75, 3.05) is 36.0 Å². The molecule has 0 aromatic carbocycles. The van der Waals surface area contributed by atoms with Crippen molar-refractivity contribution in [1.29, 1.82) is 0 Å². The van der Waals surface area contributed by atoms with Crippen molar-refractivity contribution in [3.8, 4) is 11.1 Å². The molecule has 0 bridgehead atoms. The molecule has 1 atom stereocenters. The highest BCUT2D eigenvalue weighted by Gasteiger charge is 2.28. The maximum absolute atomic E-state index is 5.15. The lowest BCUT2D eigenvalue weighted by atomic mass is 9.90. The Balaban J connectivity index is 1.52. The van der Waals surface area contributed by atoms with Crippen LogP contribution in [0.5, 0.6) is 0 Å². The quantitative estimate of drug-likeness (QED) is 0.653. The highest BCUT2D eigenvalue weighted by Crippen LogP contribution is 2.35. The van der Waals surface area contributed by atoms with Crippen LogP contribution in [0.3, 0.4) is 0 Å². The smallest absolute Gasteiger partial charge is 0.225 e. The Morgan fingerprint density at radius 1 is 0.900 bits per heavy atom. The van der Waals surface area contributed by atoms with Crippen molar-refractivity contribution < 1.29 is 0 Å². The van der Waals surface area contributed by atoms with E-state index in [1.54, 1.807) is 0 Å². The van der Waals surface area contributed by atoms with Gasteiger partial charge in [-0.25, -0.2) is 15.0 Å². The second kappa shape index (κ2) is 8.38. The molecule has 0 aliphatic carbocycles. The Hall–Kier alpha value is -3.02. The summed E-state index contributed by atoms with van der Waals surface area (Å²) in [6.07, 6.45) is 12.3. The molecule has 2 aliphatic rings. The predicted octanol–water partition coefficient (Wildman–Crippen LogP) is 4.23. The van der Waals surface area contributed by atoms with Gasteiger partial charge < -0.3 is 9.80 Å². The fourth-order valence-electron chi connectivity index (χ4n) is 4.71. The van der Waals surface area contributed by atoms with Crippen LogP contribution in [0.4, 0.5) is 11.8 Å². The zero-order valence-corrected chi connectivity index (χ0v) is 17.5. The molecule has 30 heavy (non-hydrogen) atoms. The molecule has 2 fully saturated rings. The van der Waals surface area contributed by atoms with Crippen molar-refractivity contribution in [3.63, 3.8) is 0 Å². The van der Waals surface area contributed by atoms with Gasteiger partial charge in [-0.05, 0) is 50.3 Å². The average Bonchev–Trinajstić information content (AvgIpc) is 3.35. The molecule has 3 aromatic rings. The van der Waals surface area contributed by atoms with E-state index in [1.807, 2.05) is 36.9 Å². The monoisotopic (exact) mass is 400 g/mol. The fraction of sp³-hybridized carbons (Fsp3) is 0.417. The number of anilines is 2. The fourth-order valence-corrected chi connectivity index (χ4v) is 4.71. The minimum atomic E-state index is 0.347. The molecule has 154 valence electrons. The molecule has 6 nitrogen and oxygen atoms in total. The third kappa shape index (κ3) is 3.74. The van der Waals surface area contributed by atoms with E-state index in [1.165, 1.54) is 18.4 Å². The van der Waals surface area contributed by atoms with Gasteiger partial charge in [-0.3, -0.25) is 4.98 Å². The van der Waals surface area contributed by atoms with Gasteiger partial charge in [0.1, 0.15) is 5.82 Å². The first-order valence-corrected chi connectivity index (χ1v) is 11.0. The number of piperidine rings is 1. The van der Waals surface area contributed by atoms with Crippen molar-refractivity contribution in [1.82, 2.24) is 19.9 Å². The van der Waals surface area contributed by atoms with E-state index in [4.69, 9.17) is 9.97 Å². The van der Waals surface area contributed by atoms with Gasteiger partial charge in [0.2, 0.25) is 5.95 Å². The summed E-state index contributed by atoms with van der Waals surface area (Å²) in [5.74, 6) is 2.32. The zero-order chi connectivity index (χ0) is 20.3. The summed E-state index contributed by atoms with van der Waals surface area (Å²) in [6.45, 7) is 6.22. The van der Waals surface area contributed by atoms with E-state index in [9.17, 15) is 0 Å². The second-order valence-electron chi connectivity index (χ2n) is 8.33. The van der Waals surface area contributed by atoms with E-state index in [0.29, 0.717) is 5.92 Å². The molecule has 5 rings (SSSR count). The summed E-state index contributed by atoms with van der Waals surface area (Å²) < 4.78 is 0. The zero-order valence-electron chi connectivity index (χ0n) is 17.5. The van der Waals surface area contributed by atoms with Crippen molar-refractivity contribution in [3.05, 3.63) is 60.3 Å². The highest BCUT2D eigenvalue weighted by atomic mass is 15.3. The van der Waals surface area contributed by atoms with Gasteiger partial charge in [0, 0.05) is 68.0 Å². The van der Waals surface area contributed by atoms with Crippen LogP contribution >= 0.6 is 0 Å². The Morgan fingerprint density at radius 2 is 1.73 bits per heavy atom. The minimum Gasteiger partial charge on any atom is -0.356 e. The Labute approximate surface area is 178 Å². The largest absolute Gasteiger partial charge is 0.356 e. The molecule has 3 aromatic heterocycles. The van der Waals surface area contributed by atoms with Crippen LogP contribution in [0.15, 0.2) is 49.1 Å². The molecule has 2 saturated heterocycles. The number of hydrogen-bond donors (Lipinski definition) is 0. The first kappa shape index (κ1) is 19.0. The Kier molecular flexibility index (Phi) is 5.30. The molecule has 0 radical (unpaired) electrons. The van der Waals surface area contributed by atoms with Crippen LogP contribution in [0, 0.1) is 6.92 Å². The number of nitrogens with zero attached hydrogens (tertiary/aromatic N) is 6. The van der Waals surface area contributed by atoms with Crippen LogP contribution in [0.25, 0.3) is 11.1 Å². The molecule has 0 amide bonds. The van der Waals surface area contributed by atoms with Gasteiger partial charge in [0.05, 0.1) is 5.69 Å². The topological polar surface area (TPSA) is 58.0 Å². The number of aromatic nitrogens is 4. The van der Waals surface area contributed by atoms with Gasteiger partial charge >= 0.3 is 0 Å². The minimum absolute atomic E-state index is 0.347. The standard InChI is InChI=1S/C24H28N6/c1-18-7-4-11-26-23(18)30-14-6-9-20(17-30)22-21(19-8-5-10-25-15-19)16-27-24(28-22)29-12-2-3-13-29/h4-5,7-8,10-11,15-16,20H,2-3,6,9,12-14,17H2,1H3/t20-/m0/s1. The van der Waals surface area contributed by atoms with Crippen molar-refractivity contribution in [2.24, 2.45) is 0 Å². The molecule has 2 aliphatic heterocycles. The lowest BCUT2D eigenvalue weighted by Gasteiger charge is -2.35. The number of aryl methyl sites for hydroxylation is 1. The van der Waals surface area contributed by atoms with Crippen LogP contribution < -0.4 is 9.80 Å². The summed E-state index contributed by atoms with van der Waals surface area (Å²) in [7, 11) is 0. The molecule has 0 spiro atoms. The number of rotatable bonds is 4. The number of pyridine rings is 2. The summed E-state index contributed by atoms with van der Waals surface area (Å²) in [6, 6.07) is 8.24. The summed E-state index contributed by atoms with van der Waals surface area (Å²) in [5.41, 5.74) is 4.58. The summed E-state index contributed by atoms with van der Waals surface area (Å²) >= 11 is 0. The lowest BCUT2D eigenvalue weighted by Crippen LogP contribution is -2.36. The van der Waals surface area contributed by atoms with Crippen LogP contribution in [0.2, 0.25) is 0 Å². The Bertz CT molecular complexity index is 1000. The predicted molar refractivity (Wildman–Crippen MR) is 120 cm³/mol. The van der Waals surface area contributed by atoms with E-state index >= 15 is 0 Å². The third-order valence-corrected chi connectivity index (χ3v) is 6.26. The van der Waals surface area contributed by atoms with Crippen LogP contribution in [0.1, 0.15) is 42.9 Å². The second-order valence-corrected chi connectivity index (χ2v) is 8.33. The molecule has 0 N–H and O–H groups in total. The number of hydrogen-bond acceptors (Lipinski definition) is 6. The van der Waals surface area contributed by atoms with Crippen LogP contribution in [-0.2, 0) is 0 Å². The normalized spacial score (nSPS) is 19.3. The van der Waals surface area contributed by atoms with Gasteiger partial charge in [-0.1, -0.05) is 12.1 Å². The molecule has 5 heterocycles. The maximum Gasteiger partial charge on any atom is 0.225 e. The van der Waals surface area contributed by atoms with E-state index in [2.05, 4.69) is 38.8 Å². The summed E-state index contributed by atoms with van der Waals surface area (Å²) in [5, 5.41) is 0. The van der Waals surface area contributed by atoms with Crippen LogP contribution in [-0.4, -0.2) is 46.1 Å². The highest BCUT2D eigenvalue weighted by molar-refractivity contribution is 5.66. The summed E-state index contributed by atoms with van der Waals surface area (Å²) in [4.78, 5) is 23.6.